The zero-order chi connectivity index (χ0) is 15.7. The van der Waals surface area contributed by atoms with E-state index in [0.29, 0.717) is 17.5 Å². The van der Waals surface area contributed by atoms with Crippen LogP contribution in [-0.2, 0) is 9.84 Å². The third-order valence-electron chi connectivity index (χ3n) is 3.63. The van der Waals surface area contributed by atoms with E-state index in [-0.39, 0.29) is 27.6 Å². The highest BCUT2D eigenvalue weighted by Crippen LogP contribution is 2.32. The second-order valence-electron chi connectivity index (χ2n) is 5.03. The third-order valence-corrected chi connectivity index (χ3v) is 5.74. The van der Waals surface area contributed by atoms with E-state index in [1.807, 2.05) is 0 Å². The van der Waals surface area contributed by atoms with E-state index in [1.165, 1.54) is 18.5 Å². The fourth-order valence-corrected chi connectivity index (χ4v) is 4.36. The Morgan fingerprint density at radius 2 is 2.05 bits per heavy atom. The molecule has 1 aliphatic heterocycles. The molecule has 7 heteroatoms. The molecule has 0 saturated carbocycles. The SMILES string of the molecule is O=C(N[C@@H]1CCS(=O)(=O)c2ccccc21)c1ccncc1Cl. The predicted molar refractivity (Wildman–Crippen MR) is 82.6 cm³/mol. The summed E-state index contributed by atoms with van der Waals surface area (Å²) in [5, 5.41) is 3.12. The first-order chi connectivity index (χ1) is 10.5. The number of amides is 1. The van der Waals surface area contributed by atoms with Crippen LogP contribution in [0.1, 0.15) is 28.4 Å². The Kier molecular flexibility index (Phi) is 3.88. The molecule has 0 fully saturated rings. The average Bonchev–Trinajstić information content (AvgIpc) is 2.51. The van der Waals surface area contributed by atoms with Crippen LogP contribution in [0.2, 0.25) is 5.02 Å². The number of hydrogen-bond acceptors (Lipinski definition) is 4. The smallest absolute Gasteiger partial charge is 0.253 e. The second-order valence-corrected chi connectivity index (χ2v) is 7.51. The lowest BCUT2D eigenvalue weighted by molar-refractivity contribution is 0.0934. The van der Waals surface area contributed by atoms with Gasteiger partial charge in [0.15, 0.2) is 9.84 Å². The largest absolute Gasteiger partial charge is 0.345 e. The molecule has 114 valence electrons. The van der Waals surface area contributed by atoms with E-state index >= 15 is 0 Å². The van der Waals surface area contributed by atoms with Gasteiger partial charge in [-0.3, -0.25) is 9.78 Å². The van der Waals surface area contributed by atoms with Gasteiger partial charge in [-0.15, -0.1) is 0 Å². The van der Waals surface area contributed by atoms with E-state index in [4.69, 9.17) is 11.6 Å². The van der Waals surface area contributed by atoms with Gasteiger partial charge in [0.1, 0.15) is 0 Å². The maximum absolute atomic E-state index is 12.3. The molecule has 0 bridgehead atoms. The van der Waals surface area contributed by atoms with Gasteiger partial charge in [0.05, 0.1) is 27.3 Å². The van der Waals surface area contributed by atoms with Crippen molar-refractivity contribution in [3.63, 3.8) is 0 Å². The highest BCUT2D eigenvalue weighted by Gasteiger charge is 2.31. The summed E-state index contributed by atoms with van der Waals surface area (Å²) >= 11 is 5.96. The minimum absolute atomic E-state index is 0.0129. The van der Waals surface area contributed by atoms with Gasteiger partial charge in [0.25, 0.3) is 5.91 Å². The van der Waals surface area contributed by atoms with E-state index in [0.717, 1.165) is 0 Å². The first-order valence-corrected chi connectivity index (χ1v) is 8.74. The molecule has 1 atom stereocenters. The van der Waals surface area contributed by atoms with E-state index in [9.17, 15) is 13.2 Å². The first-order valence-electron chi connectivity index (χ1n) is 6.71. The van der Waals surface area contributed by atoms with Gasteiger partial charge in [-0.1, -0.05) is 29.8 Å². The molecule has 2 heterocycles. The van der Waals surface area contributed by atoms with Crippen molar-refractivity contribution < 1.29 is 13.2 Å². The van der Waals surface area contributed by atoms with Crippen LogP contribution < -0.4 is 5.32 Å². The van der Waals surface area contributed by atoms with Gasteiger partial charge in [-0.2, -0.15) is 0 Å². The molecule has 5 nitrogen and oxygen atoms in total. The minimum atomic E-state index is -3.27. The third kappa shape index (κ3) is 2.71. The van der Waals surface area contributed by atoms with Crippen LogP contribution in [-0.4, -0.2) is 25.1 Å². The summed E-state index contributed by atoms with van der Waals surface area (Å²) in [6.45, 7) is 0. The van der Waals surface area contributed by atoms with E-state index < -0.39 is 9.84 Å². The maximum atomic E-state index is 12.3. The van der Waals surface area contributed by atoms with E-state index in [1.54, 1.807) is 24.3 Å². The summed E-state index contributed by atoms with van der Waals surface area (Å²) in [5.74, 6) is -0.328. The van der Waals surface area contributed by atoms with Crippen LogP contribution >= 0.6 is 11.6 Å². The van der Waals surface area contributed by atoms with Gasteiger partial charge in [-0.05, 0) is 24.1 Å². The Balaban J connectivity index is 1.91. The summed E-state index contributed by atoms with van der Waals surface area (Å²) < 4.78 is 24.2. The Morgan fingerprint density at radius 3 is 2.82 bits per heavy atom. The van der Waals surface area contributed by atoms with Crippen molar-refractivity contribution in [3.8, 4) is 0 Å². The van der Waals surface area contributed by atoms with Crippen molar-refractivity contribution >= 4 is 27.3 Å². The predicted octanol–water partition coefficient (Wildman–Crippen LogP) is 2.38. The first kappa shape index (κ1) is 15.0. The number of aromatic nitrogens is 1. The normalized spacial score (nSPS) is 19.2. The lowest BCUT2D eigenvalue weighted by Gasteiger charge is -2.26. The van der Waals surface area contributed by atoms with Crippen LogP contribution in [0.25, 0.3) is 0 Å². The van der Waals surface area contributed by atoms with Gasteiger partial charge in [0, 0.05) is 12.4 Å². The van der Waals surface area contributed by atoms with Gasteiger partial charge in [-0.25, -0.2) is 8.42 Å². The molecule has 0 saturated heterocycles. The number of sulfone groups is 1. The standard InChI is InChI=1S/C15H13ClN2O3S/c16-12-9-17-7-5-10(12)15(19)18-13-6-8-22(20,21)14-4-2-1-3-11(13)14/h1-5,7,9,13H,6,8H2,(H,18,19)/t13-/m1/s1. The minimum Gasteiger partial charge on any atom is -0.345 e. The van der Waals surface area contributed by atoms with Crippen molar-refractivity contribution in [2.45, 2.75) is 17.4 Å². The molecule has 1 aliphatic rings. The Hall–Kier alpha value is -1.92. The van der Waals surface area contributed by atoms with Crippen LogP contribution in [0.15, 0.2) is 47.6 Å². The molecule has 22 heavy (non-hydrogen) atoms. The number of carbonyl (C=O) groups excluding carboxylic acids is 1. The highest BCUT2D eigenvalue weighted by atomic mass is 35.5. The summed E-state index contributed by atoms with van der Waals surface area (Å²) in [6, 6.07) is 7.92. The zero-order valence-electron chi connectivity index (χ0n) is 11.5. The zero-order valence-corrected chi connectivity index (χ0v) is 13.1. The highest BCUT2D eigenvalue weighted by molar-refractivity contribution is 7.91. The summed E-state index contributed by atoms with van der Waals surface area (Å²) in [6.07, 6.45) is 3.23. The number of benzene rings is 1. The molecule has 1 aromatic heterocycles. The van der Waals surface area contributed by atoms with Crippen molar-refractivity contribution in [1.82, 2.24) is 10.3 Å². The van der Waals surface area contributed by atoms with Crippen LogP contribution in [0.4, 0.5) is 0 Å². The number of carbonyl (C=O) groups is 1. The molecule has 1 amide bonds. The molecule has 1 N–H and O–H groups in total. The molecule has 3 rings (SSSR count). The Labute approximate surface area is 133 Å². The molecule has 1 aromatic carbocycles. The molecule has 0 spiro atoms. The topological polar surface area (TPSA) is 76.1 Å². The van der Waals surface area contributed by atoms with Crippen molar-refractivity contribution in [3.05, 3.63) is 58.9 Å². The van der Waals surface area contributed by atoms with Crippen LogP contribution in [0, 0.1) is 0 Å². The number of pyridine rings is 1. The monoisotopic (exact) mass is 336 g/mol. The number of fused-ring (bicyclic) bond motifs is 1. The molecule has 2 aromatic rings. The fourth-order valence-electron chi connectivity index (χ4n) is 2.54. The fraction of sp³-hybridized carbons (Fsp3) is 0.200. The van der Waals surface area contributed by atoms with Gasteiger partial charge >= 0.3 is 0 Å². The summed E-state index contributed by atoms with van der Waals surface area (Å²) in [5.41, 5.74) is 0.940. The molecule has 0 aliphatic carbocycles. The second kappa shape index (κ2) is 5.70. The van der Waals surface area contributed by atoms with Gasteiger partial charge < -0.3 is 5.32 Å². The lowest BCUT2D eigenvalue weighted by Crippen LogP contribution is -2.34. The summed E-state index contributed by atoms with van der Waals surface area (Å²) in [7, 11) is -3.27. The van der Waals surface area contributed by atoms with Crippen molar-refractivity contribution in [2.75, 3.05) is 5.75 Å². The molecular formula is C15H13ClN2O3S. The average molecular weight is 337 g/mol. The van der Waals surface area contributed by atoms with Crippen molar-refractivity contribution in [2.24, 2.45) is 0 Å². The number of hydrogen-bond donors (Lipinski definition) is 1. The molecule has 0 unspecified atom stereocenters. The maximum Gasteiger partial charge on any atom is 0.253 e. The quantitative estimate of drug-likeness (QED) is 0.913. The van der Waals surface area contributed by atoms with Crippen LogP contribution in [0.3, 0.4) is 0 Å². The lowest BCUT2D eigenvalue weighted by atomic mass is 10.0. The number of nitrogens with zero attached hydrogens (tertiary/aromatic N) is 1. The summed E-state index contributed by atoms with van der Waals surface area (Å²) in [4.78, 5) is 16.5. The van der Waals surface area contributed by atoms with Crippen LogP contribution in [0.5, 0.6) is 0 Å². The Bertz CT molecular complexity index is 836. The number of halogens is 1. The van der Waals surface area contributed by atoms with Crippen molar-refractivity contribution in [1.29, 1.82) is 0 Å². The molecule has 0 radical (unpaired) electrons. The van der Waals surface area contributed by atoms with E-state index in [2.05, 4.69) is 10.3 Å². The Morgan fingerprint density at radius 1 is 1.27 bits per heavy atom. The number of rotatable bonds is 2. The number of nitrogens with one attached hydrogen (secondary N) is 1. The van der Waals surface area contributed by atoms with Gasteiger partial charge in [0.2, 0.25) is 0 Å². The molecular weight excluding hydrogens is 324 g/mol.